The lowest BCUT2D eigenvalue weighted by Gasteiger charge is -2.31. The highest BCUT2D eigenvalue weighted by atomic mass is 19.1. The molecule has 0 spiro atoms. The third kappa shape index (κ3) is 4.35. The number of nitrogens with one attached hydrogen (secondary N) is 1. The van der Waals surface area contributed by atoms with Crippen LogP contribution in [0.15, 0.2) is 91.1 Å². The normalized spacial score (nSPS) is 14.2. The van der Waals surface area contributed by atoms with Crippen LogP contribution in [0.1, 0.15) is 28.6 Å². The molecule has 1 aliphatic rings. The Morgan fingerprint density at radius 1 is 0.950 bits per heavy atom. The van der Waals surface area contributed by atoms with Gasteiger partial charge in [0.05, 0.1) is 43.9 Å². The van der Waals surface area contributed by atoms with Gasteiger partial charge in [-0.05, 0) is 61.0 Å². The third-order valence-corrected chi connectivity index (χ3v) is 7.17. The highest BCUT2D eigenvalue weighted by Gasteiger charge is 2.36. The second-order valence-corrected chi connectivity index (χ2v) is 9.52. The molecule has 5 aromatic rings. The molecule has 0 unspecified atom stereocenters. The van der Waals surface area contributed by atoms with Gasteiger partial charge in [-0.25, -0.2) is 13.9 Å². The van der Waals surface area contributed by atoms with Crippen LogP contribution in [-0.2, 0) is 6.54 Å². The molecular formula is C31H28FN5O3. The van der Waals surface area contributed by atoms with Crippen molar-refractivity contribution in [3.05, 3.63) is 119 Å². The number of fused-ring (bicyclic) bond motifs is 3. The van der Waals surface area contributed by atoms with Crippen molar-refractivity contribution in [3.8, 4) is 23.0 Å². The average molecular weight is 538 g/mol. The van der Waals surface area contributed by atoms with Crippen LogP contribution in [0.25, 0.3) is 11.5 Å². The molecule has 3 aromatic carbocycles. The van der Waals surface area contributed by atoms with Crippen molar-refractivity contribution in [2.24, 2.45) is 0 Å². The first-order chi connectivity index (χ1) is 19.5. The van der Waals surface area contributed by atoms with Gasteiger partial charge >= 0.3 is 6.03 Å². The topological polar surface area (TPSA) is 73.5 Å². The van der Waals surface area contributed by atoms with E-state index in [1.165, 1.54) is 12.1 Å². The van der Waals surface area contributed by atoms with Crippen molar-refractivity contribution in [3.63, 3.8) is 0 Å². The molecule has 2 aromatic heterocycles. The van der Waals surface area contributed by atoms with Crippen LogP contribution in [0.5, 0.6) is 11.5 Å². The summed E-state index contributed by atoms with van der Waals surface area (Å²) in [5.41, 5.74) is 4.82. The van der Waals surface area contributed by atoms with Crippen LogP contribution in [0.3, 0.4) is 0 Å². The summed E-state index contributed by atoms with van der Waals surface area (Å²) in [7, 11) is 3.11. The van der Waals surface area contributed by atoms with Gasteiger partial charge in [0.2, 0.25) is 0 Å². The molecule has 1 aliphatic heterocycles. The second-order valence-electron chi connectivity index (χ2n) is 9.52. The van der Waals surface area contributed by atoms with Gasteiger partial charge in [0.25, 0.3) is 0 Å². The van der Waals surface area contributed by atoms with Crippen molar-refractivity contribution in [2.45, 2.75) is 19.5 Å². The summed E-state index contributed by atoms with van der Waals surface area (Å²) in [4.78, 5) is 15.8. The Morgan fingerprint density at radius 3 is 2.42 bits per heavy atom. The number of methoxy groups -OCH3 is 2. The maximum Gasteiger partial charge on any atom is 0.322 e. The van der Waals surface area contributed by atoms with E-state index in [0.717, 1.165) is 34.0 Å². The second kappa shape index (κ2) is 10.3. The third-order valence-electron chi connectivity index (χ3n) is 7.17. The van der Waals surface area contributed by atoms with Gasteiger partial charge in [-0.1, -0.05) is 30.3 Å². The Labute approximate surface area is 231 Å². The number of hydrogen-bond acceptors (Lipinski definition) is 4. The summed E-state index contributed by atoms with van der Waals surface area (Å²) < 4.78 is 28.7. The van der Waals surface area contributed by atoms with Crippen LogP contribution in [0.2, 0.25) is 0 Å². The molecular weight excluding hydrogens is 509 g/mol. The number of aryl methyl sites for hydroxylation is 1. The molecule has 1 atom stereocenters. The molecule has 0 aliphatic carbocycles. The molecule has 202 valence electrons. The van der Waals surface area contributed by atoms with Crippen LogP contribution in [-0.4, -0.2) is 39.5 Å². The van der Waals surface area contributed by atoms with Gasteiger partial charge < -0.3 is 24.3 Å². The van der Waals surface area contributed by atoms with E-state index in [-0.39, 0.29) is 18.4 Å². The Morgan fingerprint density at radius 2 is 1.70 bits per heavy atom. The molecule has 2 amide bonds. The Balaban J connectivity index is 1.50. The Kier molecular flexibility index (Phi) is 6.47. The van der Waals surface area contributed by atoms with Crippen molar-refractivity contribution >= 4 is 11.7 Å². The van der Waals surface area contributed by atoms with Crippen molar-refractivity contribution in [1.82, 2.24) is 19.2 Å². The number of ether oxygens (including phenoxy) is 2. The standard InChI is InChI=1S/C31H28FN5O3/c1-20-25-19-36(31(38)33-23-15-16-27(39-2)28(18-23)40-3)29(21-11-13-22(32)14-12-21)26-10-7-17-35(26)30(25)37(34-20)24-8-5-4-6-9-24/h4-18,29H,19H2,1-3H3,(H,33,38)/t29-/m0/s1. The van der Waals surface area contributed by atoms with Gasteiger partial charge in [0.1, 0.15) is 11.6 Å². The summed E-state index contributed by atoms with van der Waals surface area (Å²) in [5.74, 6) is 1.58. The highest BCUT2D eigenvalue weighted by Crippen LogP contribution is 2.39. The zero-order valence-electron chi connectivity index (χ0n) is 22.3. The van der Waals surface area contributed by atoms with E-state index in [1.807, 2.05) is 60.3 Å². The number of aromatic nitrogens is 3. The number of benzene rings is 3. The summed E-state index contributed by atoms with van der Waals surface area (Å²) in [6, 6.07) is 24.5. The lowest BCUT2D eigenvalue weighted by Crippen LogP contribution is -2.38. The number of para-hydroxylation sites is 1. The fraction of sp³-hybridized carbons (Fsp3) is 0.161. The fourth-order valence-corrected chi connectivity index (χ4v) is 5.25. The maximum atomic E-state index is 14.1. The van der Waals surface area contributed by atoms with Crippen molar-refractivity contribution in [2.75, 3.05) is 19.5 Å². The van der Waals surface area contributed by atoms with E-state index in [4.69, 9.17) is 14.6 Å². The van der Waals surface area contributed by atoms with E-state index in [0.29, 0.717) is 17.2 Å². The van der Waals surface area contributed by atoms with Crippen LogP contribution >= 0.6 is 0 Å². The summed E-state index contributed by atoms with van der Waals surface area (Å²) in [6.07, 6.45) is 1.97. The van der Waals surface area contributed by atoms with Crippen molar-refractivity contribution in [1.29, 1.82) is 0 Å². The SMILES string of the molecule is COc1ccc(NC(=O)N2Cc3c(C)nn(-c4ccccc4)c3-n3cccc3[C@@H]2c2ccc(F)cc2)cc1OC. The zero-order chi connectivity index (χ0) is 27.8. The number of rotatable bonds is 5. The molecule has 0 saturated heterocycles. The molecule has 0 bridgehead atoms. The number of halogens is 1. The van der Waals surface area contributed by atoms with E-state index in [9.17, 15) is 9.18 Å². The molecule has 9 heteroatoms. The van der Waals surface area contributed by atoms with Gasteiger partial charge in [-0.3, -0.25) is 0 Å². The predicted octanol–water partition coefficient (Wildman–Crippen LogP) is 6.26. The number of nitrogens with zero attached hydrogens (tertiary/aromatic N) is 4. The number of carbonyl (C=O) groups is 1. The molecule has 0 fully saturated rings. The largest absolute Gasteiger partial charge is 0.493 e. The van der Waals surface area contributed by atoms with Crippen LogP contribution in [0, 0.1) is 12.7 Å². The number of anilines is 1. The molecule has 8 nitrogen and oxygen atoms in total. The lowest BCUT2D eigenvalue weighted by molar-refractivity contribution is 0.194. The van der Waals surface area contributed by atoms with Crippen LogP contribution < -0.4 is 14.8 Å². The molecule has 1 N–H and O–H groups in total. The molecule has 3 heterocycles. The van der Waals surface area contributed by atoms with E-state index in [1.54, 1.807) is 49.5 Å². The monoisotopic (exact) mass is 537 g/mol. The lowest BCUT2D eigenvalue weighted by atomic mass is 10.0. The summed E-state index contributed by atoms with van der Waals surface area (Å²) in [5, 5.41) is 7.90. The summed E-state index contributed by atoms with van der Waals surface area (Å²) >= 11 is 0. The fourth-order valence-electron chi connectivity index (χ4n) is 5.25. The van der Waals surface area contributed by atoms with E-state index >= 15 is 0 Å². The number of carbonyl (C=O) groups excluding carboxylic acids is 1. The summed E-state index contributed by atoms with van der Waals surface area (Å²) in [6.45, 7) is 2.22. The minimum absolute atomic E-state index is 0.275. The van der Waals surface area contributed by atoms with Gasteiger partial charge in [-0.2, -0.15) is 5.10 Å². The number of amides is 2. The van der Waals surface area contributed by atoms with Crippen LogP contribution in [0.4, 0.5) is 14.9 Å². The minimum Gasteiger partial charge on any atom is -0.493 e. The first-order valence-corrected chi connectivity index (χ1v) is 12.8. The molecule has 0 saturated carbocycles. The highest BCUT2D eigenvalue weighted by molar-refractivity contribution is 5.90. The van der Waals surface area contributed by atoms with E-state index < -0.39 is 6.04 Å². The molecule has 6 rings (SSSR count). The Bertz CT molecular complexity index is 1680. The maximum absolute atomic E-state index is 14.1. The predicted molar refractivity (Wildman–Crippen MR) is 150 cm³/mol. The van der Waals surface area contributed by atoms with Gasteiger partial charge in [-0.15, -0.1) is 0 Å². The van der Waals surface area contributed by atoms with Gasteiger partial charge in [0.15, 0.2) is 11.5 Å². The quantitative estimate of drug-likeness (QED) is 0.287. The Hall–Kier alpha value is -5.05. The first kappa shape index (κ1) is 25.2. The van der Waals surface area contributed by atoms with Gasteiger partial charge in [0, 0.05) is 23.5 Å². The average Bonchev–Trinajstić information content (AvgIpc) is 3.54. The van der Waals surface area contributed by atoms with E-state index in [2.05, 4.69) is 9.88 Å². The molecule has 40 heavy (non-hydrogen) atoms. The number of urea groups is 1. The molecule has 0 radical (unpaired) electrons. The first-order valence-electron chi connectivity index (χ1n) is 12.8. The smallest absolute Gasteiger partial charge is 0.322 e. The minimum atomic E-state index is -0.508. The zero-order valence-corrected chi connectivity index (χ0v) is 22.3. The van der Waals surface area contributed by atoms with Crippen molar-refractivity contribution < 1.29 is 18.7 Å². The number of hydrogen-bond donors (Lipinski definition) is 1.